The lowest BCUT2D eigenvalue weighted by Gasteiger charge is -2.42. The maximum atomic E-state index is 12.3. The van der Waals surface area contributed by atoms with Crippen LogP contribution in [0, 0.1) is 5.41 Å². The van der Waals surface area contributed by atoms with Crippen LogP contribution in [0.5, 0.6) is 0 Å². The molecule has 0 unspecified atom stereocenters. The van der Waals surface area contributed by atoms with E-state index in [9.17, 15) is 4.79 Å². The summed E-state index contributed by atoms with van der Waals surface area (Å²) in [6.07, 6.45) is 4.68. The minimum absolute atomic E-state index is 0.00732. The first-order valence-electron chi connectivity index (χ1n) is 8.32. The molecule has 0 saturated heterocycles. The van der Waals surface area contributed by atoms with Crippen molar-refractivity contribution < 1.29 is 4.79 Å². The summed E-state index contributed by atoms with van der Waals surface area (Å²) in [4.78, 5) is 12.3. The van der Waals surface area contributed by atoms with Crippen LogP contribution < -0.4 is 11.1 Å². The van der Waals surface area contributed by atoms with E-state index in [0.29, 0.717) is 12.1 Å². The molecular weight excluding hydrogens is 284 g/mol. The summed E-state index contributed by atoms with van der Waals surface area (Å²) < 4.78 is 0. The molecule has 3 heteroatoms. The van der Waals surface area contributed by atoms with Gasteiger partial charge in [0, 0.05) is 18.7 Å². The molecule has 0 aromatic heterocycles. The average molecular weight is 308 g/mol. The number of rotatable bonds is 6. The number of hydrogen-bond acceptors (Lipinski definition) is 2. The summed E-state index contributed by atoms with van der Waals surface area (Å²) in [5, 5.41) is 3.13. The molecular formula is C20H24N2O. The number of benzene rings is 2. The lowest BCUT2D eigenvalue weighted by Crippen LogP contribution is -2.43. The van der Waals surface area contributed by atoms with Gasteiger partial charge in [-0.25, -0.2) is 0 Å². The first kappa shape index (κ1) is 15.8. The third-order valence-electron chi connectivity index (χ3n) is 4.91. The van der Waals surface area contributed by atoms with Gasteiger partial charge in [0.1, 0.15) is 0 Å². The lowest BCUT2D eigenvalue weighted by molar-refractivity contribution is 0.0859. The molecule has 1 aliphatic carbocycles. The molecule has 120 valence electrons. The van der Waals surface area contributed by atoms with Gasteiger partial charge in [-0.15, -0.1) is 0 Å². The van der Waals surface area contributed by atoms with E-state index in [2.05, 4.69) is 29.6 Å². The SMILES string of the molecule is NCc1ccc(C(=O)NCC2(Cc3ccccc3)CCC2)cc1. The fourth-order valence-electron chi connectivity index (χ4n) is 3.28. The third-order valence-corrected chi connectivity index (χ3v) is 4.91. The van der Waals surface area contributed by atoms with Crippen molar-refractivity contribution in [2.45, 2.75) is 32.2 Å². The molecule has 1 amide bonds. The second-order valence-electron chi connectivity index (χ2n) is 6.60. The molecule has 3 N–H and O–H groups in total. The van der Waals surface area contributed by atoms with Crippen molar-refractivity contribution in [3.8, 4) is 0 Å². The van der Waals surface area contributed by atoms with Gasteiger partial charge < -0.3 is 11.1 Å². The number of nitrogens with one attached hydrogen (secondary N) is 1. The molecule has 3 nitrogen and oxygen atoms in total. The van der Waals surface area contributed by atoms with Gasteiger partial charge in [-0.2, -0.15) is 0 Å². The summed E-state index contributed by atoms with van der Waals surface area (Å²) in [5.41, 5.74) is 8.92. The Morgan fingerprint density at radius 1 is 1.00 bits per heavy atom. The van der Waals surface area contributed by atoms with E-state index in [4.69, 9.17) is 5.73 Å². The molecule has 1 saturated carbocycles. The molecule has 0 heterocycles. The van der Waals surface area contributed by atoms with E-state index in [0.717, 1.165) is 18.5 Å². The van der Waals surface area contributed by atoms with Crippen molar-refractivity contribution in [1.29, 1.82) is 0 Å². The molecule has 1 fully saturated rings. The van der Waals surface area contributed by atoms with Crippen LogP contribution in [-0.2, 0) is 13.0 Å². The zero-order valence-electron chi connectivity index (χ0n) is 13.4. The molecule has 0 spiro atoms. The van der Waals surface area contributed by atoms with Crippen LogP contribution in [0.25, 0.3) is 0 Å². The van der Waals surface area contributed by atoms with Crippen LogP contribution in [0.1, 0.15) is 40.7 Å². The highest BCUT2D eigenvalue weighted by atomic mass is 16.1. The predicted octanol–water partition coefficient (Wildman–Crippen LogP) is 3.29. The summed E-state index contributed by atoms with van der Waals surface area (Å²) in [6, 6.07) is 18.1. The van der Waals surface area contributed by atoms with E-state index >= 15 is 0 Å². The number of hydrogen-bond donors (Lipinski definition) is 2. The summed E-state index contributed by atoms with van der Waals surface area (Å²) >= 11 is 0. The van der Waals surface area contributed by atoms with Crippen LogP contribution in [-0.4, -0.2) is 12.5 Å². The van der Waals surface area contributed by atoms with Crippen LogP contribution in [0.3, 0.4) is 0 Å². The van der Waals surface area contributed by atoms with E-state index in [1.165, 1.54) is 24.8 Å². The zero-order chi connectivity index (χ0) is 16.1. The minimum atomic E-state index is 0.00732. The van der Waals surface area contributed by atoms with E-state index in [1.54, 1.807) is 0 Å². The van der Waals surface area contributed by atoms with Crippen molar-refractivity contribution in [1.82, 2.24) is 5.32 Å². The second-order valence-corrected chi connectivity index (χ2v) is 6.60. The van der Waals surface area contributed by atoms with E-state index in [-0.39, 0.29) is 11.3 Å². The Balaban J connectivity index is 1.60. The van der Waals surface area contributed by atoms with Gasteiger partial charge >= 0.3 is 0 Å². The average Bonchev–Trinajstić information content (AvgIpc) is 2.58. The maximum Gasteiger partial charge on any atom is 0.251 e. The third kappa shape index (κ3) is 3.80. The Kier molecular flexibility index (Phi) is 4.77. The van der Waals surface area contributed by atoms with Crippen LogP contribution in [0.4, 0.5) is 0 Å². The number of amides is 1. The van der Waals surface area contributed by atoms with Gasteiger partial charge in [-0.05, 0) is 47.9 Å². The summed E-state index contributed by atoms with van der Waals surface area (Å²) in [5.74, 6) is 0.00732. The van der Waals surface area contributed by atoms with Crippen molar-refractivity contribution in [3.63, 3.8) is 0 Å². The predicted molar refractivity (Wildman–Crippen MR) is 93.1 cm³/mol. The fraction of sp³-hybridized carbons (Fsp3) is 0.350. The van der Waals surface area contributed by atoms with Gasteiger partial charge in [-0.3, -0.25) is 4.79 Å². The zero-order valence-corrected chi connectivity index (χ0v) is 13.4. The van der Waals surface area contributed by atoms with Gasteiger partial charge in [0.2, 0.25) is 0 Å². The van der Waals surface area contributed by atoms with Gasteiger partial charge in [0.05, 0.1) is 0 Å². The lowest BCUT2D eigenvalue weighted by atomic mass is 9.65. The van der Waals surface area contributed by atoms with Crippen molar-refractivity contribution in [2.24, 2.45) is 11.1 Å². The van der Waals surface area contributed by atoms with Crippen molar-refractivity contribution >= 4 is 5.91 Å². The number of carbonyl (C=O) groups excluding carboxylic acids is 1. The maximum absolute atomic E-state index is 12.3. The van der Waals surface area contributed by atoms with Crippen molar-refractivity contribution in [3.05, 3.63) is 71.3 Å². The second kappa shape index (κ2) is 6.97. The summed E-state index contributed by atoms with van der Waals surface area (Å²) in [6.45, 7) is 1.25. The molecule has 0 bridgehead atoms. The normalized spacial score (nSPS) is 15.7. The topological polar surface area (TPSA) is 55.1 Å². The van der Waals surface area contributed by atoms with Gasteiger partial charge in [0.15, 0.2) is 0 Å². The molecule has 3 rings (SSSR count). The number of carbonyl (C=O) groups is 1. The smallest absolute Gasteiger partial charge is 0.251 e. The Bertz CT molecular complexity index is 645. The quantitative estimate of drug-likeness (QED) is 0.860. The van der Waals surface area contributed by atoms with Crippen LogP contribution in [0.2, 0.25) is 0 Å². The highest BCUT2D eigenvalue weighted by Gasteiger charge is 2.37. The molecule has 0 atom stereocenters. The highest BCUT2D eigenvalue weighted by Crippen LogP contribution is 2.43. The van der Waals surface area contributed by atoms with Gasteiger partial charge in [0.25, 0.3) is 5.91 Å². The highest BCUT2D eigenvalue weighted by molar-refractivity contribution is 5.94. The molecule has 23 heavy (non-hydrogen) atoms. The Labute approximate surface area is 137 Å². The monoisotopic (exact) mass is 308 g/mol. The first-order chi connectivity index (χ1) is 11.2. The molecule has 0 radical (unpaired) electrons. The van der Waals surface area contributed by atoms with E-state index in [1.807, 2.05) is 30.3 Å². The van der Waals surface area contributed by atoms with Crippen molar-refractivity contribution in [2.75, 3.05) is 6.54 Å². The molecule has 2 aromatic rings. The minimum Gasteiger partial charge on any atom is -0.351 e. The number of nitrogens with two attached hydrogens (primary N) is 1. The molecule has 0 aliphatic heterocycles. The largest absolute Gasteiger partial charge is 0.351 e. The van der Waals surface area contributed by atoms with E-state index < -0.39 is 0 Å². The summed E-state index contributed by atoms with van der Waals surface area (Å²) in [7, 11) is 0. The Hall–Kier alpha value is -2.13. The Morgan fingerprint density at radius 3 is 2.26 bits per heavy atom. The van der Waals surface area contributed by atoms with Gasteiger partial charge in [-0.1, -0.05) is 48.9 Å². The fourth-order valence-corrected chi connectivity index (χ4v) is 3.28. The Morgan fingerprint density at radius 2 is 1.70 bits per heavy atom. The standard InChI is InChI=1S/C20H24N2O/c21-14-17-7-9-18(10-8-17)19(23)22-15-20(11-4-12-20)13-16-5-2-1-3-6-16/h1-3,5-10H,4,11-15,21H2,(H,22,23). The van der Waals surface area contributed by atoms with Crippen LogP contribution >= 0.6 is 0 Å². The molecule has 2 aromatic carbocycles. The van der Waals surface area contributed by atoms with Crippen LogP contribution in [0.15, 0.2) is 54.6 Å². The first-order valence-corrected chi connectivity index (χ1v) is 8.32. The molecule has 1 aliphatic rings.